The Bertz CT molecular complexity index is 1120. The van der Waals surface area contributed by atoms with E-state index in [9.17, 15) is 8.78 Å². The van der Waals surface area contributed by atoms with Crippen molar-refractivity contribution in [3.8, 4) is 11.3 Å². The molecule has 0 saturated heterocycles. The van der Waals surface area contributed by atoms with Gasteiger partial charge < -0.3 is 4.42 Å². The Morgan fingerprint density at radius 3 is 2.62 bits per heavy atom. The van der Waals surface area contributed by atoms with Gasteiger partial charge in [0, 0.05) is 23.1 Å². The zero-order valence-corrected chi connectivity index (χ0v) is 13.5. The normalized spacial score (nSPS) is 11.5. The van der Waals surface area contributed by atoms with Gasteiger partial charge in [0.25, 0.3) is 0 Å². The topological polar surface area (TPSA) is 29.9 Å². The molecule has 0 unspecified atom stereocenters. The summed E-state index contributed by atoms with van der Waals surface area (Å²) in [6.07, 6.45) is 1.93. The summed E-state index contributed by atoms with van der Waals surface area (Å²) >= 11 is 0. The molecule has 4 aromatic rings. The van der Waals surface area contributed by atoms with Crippen molar-refractivity contribution in [3.05, 3.63) is 59.4 Å². The van der Waals surface area contributed by atoms with Crippen molar-refractivity contribution in [3.63, 3.8) is 0 Å². The maximum absolute atomic E-state index is 14.6. The SMILES string of the molecule is Cc1ccc2c(oc3nc(F)c(C)c(F)c32)c1-c1cccc[n+]1C. The van der Waals surface area contributed by atoms with Crippen LogP contribution in [0.5, 0.6) is 0 Å². The van der Waals surface area contributed by atoms with E-state index >= 15 is 0 Å². The van der Waals surface area contributed by atoms with Crippen molar-refractivity contribution >= 4 is 22.1 Å². The molecule has 0 amide bonds. The van der Waals surface area contributed by atoms with Crippen LogP contribution in [0, 0.1) is 25.6 Å². The smallest absolute Gasteiger partial charge is 0.232 e. The Labute approximate surface area is 137 Å². The third-order valence-electron chi connectivity index (χ3n) is 4.42. The van der Waals surface area contributed by atoms with Crippen molar-refractivity contribution in [2.75, 3.05) is 0 Å². The van der Waals surface area contributed by atoms with Gasteiger partial charge in [0.05, 0.1) is 10.9 Å². The number of hydrogen-bond acceptors (Lipinski definition) is 2. The van der Waals surface area contributed by atoms with Gasteiger partial charge in [-0.05, 0) is 25.5 Å². The number of aromatic nitrogens is 2. The van der Waals surface area contributed by atoms with Crippen LogP contribution in [-0.2, 0) is 7.05 Å². The average molecular weight is 325 g/mol. The predicted octanol–water partition coefficient (Wildman–Crippen LogP) is 4.37. The Balaban J connectivity index is 2.20. The second kappa shape index (κ2) is 5.09. The Hall–Kier alpha value is -2.82. The van der Waals surface area contributed by atoms with E-state index < -0.39 is 11.8 Å². The molecule has 0 aliphatic carbocycles. The summed E-state index contributed by atoms with van der Waals surface area (Å²) in [6, 6.07) is 9.53. The summed E-state index contributed by atoms with van der Waals surface area (Å²) < 4.78 is 36.1. The van der Waals surface area contributed by atoms with Crippen molar-refractivity contribution in [2.24, 2.45) is 7.05 Å². The van der Waals surface area contributed by atoms with Gasteiger partial charge in [0.2, 0.25) is 17.4 Å². The van der Waals surface area contributed by atoms with Crippen molar-refractivity contribution < 1.29 is 17.8 Å². The van der Waals surface area contributed by atoms with E-state index in [1.165, 1.54) is 6.92 Å². The zero-order chi connectivity index (χ0) is 17.0. The molecule has 0 aliphatic rings. The van der Waals surface area contributed by atoms with Gasteiger partial charge in [-0.2, -0.15) is 9.37 Å². The molecular formula is C19H15F2N2O+. The van der Waals surface area contributed by atoms with E-state index in [0.717, 1.165) is 16.8 Å². The molecular weight excluding hydrogens is 310 g/mol. The minimum Gasteiger partial charge on any atom is -0.437 e. The molecule has 0 spiro atoms. The molecule has 1 aromatic carbocycles. The van der Waals surface area contributed by atoms with Gasteiger partial charge >= 0.3 is 0 Å². The Morgan fingerprint density at radius 1 is 1.08 bits per heavy atom. The fourth-order valence-electron chi connectivity index (χ4n) is 3.09. The lowest BCUT2D eigenvalue weighted by Crippen LogP contribution is -2.30. The number of fused-ring (bicyclic) bond motifs is 3. The number of furan rings is 1. The summed E-state index contributed by atoms with van der Waals surface area (Å²) in [6.45, 7) is 3.34. The molecule has 3 aromatic heterocycles. The Morgan fingerprint density at radius 2 is 1.88 bits per heavy atom. The van der Waals surface area contributed by atoms with Crippen LogP contribution in [0.2, 0.25) is 0 Å². The third-order valence-corrected chi connectivity index (χ3v) is 4.42. The summed E-state index contributed by atoms with van der Waals surface area (Å²) in [7, 11) is 1.93. The lowest BCUT2D eigenvalue weighted by atomic mass is 10.0. The van der Waals surface area contributed by atoms with Crippen LogP contribution in [0.3, 0.4) is 0 Å². The van der Waals surface area contributed by atoms with Gasteiger partial charge in [-0.25, -0.2) is 8.96 Å². The molecule has 0 radical (unpaired) electrons. The number of hydrogen-bond donors (Lipinski definition) is 0. The van der Waals surface area contributed by atoms with Crippen LogP contribution in [0.4, 0.5) is 8.78 Å². The number of nitrogens with zero attached hydrogens (tertiary/aromatic N) is 2. The van der Waals surface area contributed by atoms with Crippen LogP contribution in [0.25, 0.3) is 33.3 Å². The molecule has 24 heavy (non-hydrogen) atoms. The summed E-state index contributed by atoms with van der Waals surface area (Å²) in [4.78, 5) is 3.78. The molecule has 0 N–H and O–H groups in total. The van der Waals surface area contributed by atoms with Crippen LogP contribution in [-0.4, -0.2) is 4.98 Å². The van der Waals surface area contributed by atoms with Gasteiger partial charge in [-0.15, -0.1) is 0 Å². The molecule has 0 saturated carbocycles. The van der Waals surface area contributed by atoms with Crippen molar-refractivity contribution in [2.45, 2.75) is 13.8 Å². The largest absolute Gasteiger partial charge is 0.437 e. The molecule has 0 atom stereocenters. The Kier molecular flexibility index (Phi) is 3.13. The molecule has 0 aliphatic heterocycles. The number of pyridine rings is 2. The van der Waals surface area contributed by atoms with E-state index in [2.05, 4.69) is 4.98 Å². The zero-order valence-electron chi connectivity index (χ0n) is 13.5. The number of halogens is 2. The standard InChI is InChI=1S/C19H15F2N2O/c1-10-7-8-12-15-16(20)11(2)18(21)22-19(15)24-17(12)14(10)13-6-4-5-9-23(13)3/h4-9H,1-3H3/q+1. The second-order valence-electron chi connectivity index (χ2n) is 5.95. The molecule has 0 fully saturated rings. The highest BCUT2D eigenvalue weighted by atomic mass is 19.1. The number of rotatable bonds is 1. The lowest BCUT2D eigenvalue weighted by molar-refractivity contribution is -0.660. The quantitative estimate of drug-likeness (QED) is 0.384. The molecule has 3 nitrogen and oxygen atoms in total. The second-order valence-corrected chi connectivity index (χ2v) is 5.95. The molecule has 3 heterocycles. The van der Waals surface area contributed by atoms with Crippen LogP contribution < -0.4 is 4.57 Å². The molecule has 120 valence electrons. The molecule has 4 rings (SSSR count). The highest BCUT2D eigenvalue weighted by molar-refractivity contribution is 6.09. The van der Waals surface area contributed by atoms with Crippen LogP contribution >= 0.6 is 0 Å². The molecule has 5 heteroatoms. The van der Waals surface area contributed by atoms with E-state index in [1.54, 1.807) is 6.07 Å². The number of aryl methyl sites for hydroxylation is 2. The monoisotopic (exact) mass is 325 g/mol. The fraction of sp³-hybridized carbons (Fsp3) is 0.158. The summed E-state index contributed by atoms with van der Waals surface area (Å²) in [5.74, 6) is -1.47. The highest BCUT2D eigenvalue weighted by Crippen LogP contribution is 2.37. The lowest BCUT2D eigenvalue weighted by Gasteiger charge is -2.05. The highest BCUT2D eigenvalue weighted by Gasteiger charge is 2.23. The molecule has 0 bridgehead atoms. The number of benzene rings is 1. The predicted molar refractivity (Wildman–Crippen MR) is 87.5 cm³/mol. The average Bonchev–Trinajstić information content (AvgIpc) is 2.92. The maximum atomic E-state index is 14.6. The first-order valence-electron chi connectivity index (χ1n) is 7.61. The van der Waals surface area contributed by atoms with E-state index in [-0.39, 0.29) is 16.7 Å². The first-order valence-corrected chi connectivity index (χ1v) is 7.61. The summed E-state index contributed by atoms with van der Waals surface area (Å²) in [5.41, 5.74) is 3.17. The third kappa shape index (κ3) is 1.94. The fourth-order valence-corrected chi connectivity index (χ4v) is 3.09. The first-order chi connectivity index (χ1) is 11.5. The van der Waals surface area contributed by atoms with Crippen molar-refractivity contribution in [1.29, 1.82) is 0 Å². The first kappa shape index (κ1) is 14.8. The van der Waals surface area contributed by atoms with Gasteiger partial charge in [0.15, 0.2) is 11.8 Å². The van der Waals surface area contributed by atoms with Gasteiger partial charge in [-0.3, -0.25) is 0 Å². The van der Waals surface area contributed by atoms with E-state index in [4.69, 9.17) is 4.42 Å². The minimum absolute atomic E-state index is 0.0176. The summed E-state index contributed by atoms with van der Waals surface area (Å²) in [5, 5.41) is 0.825. The van der Waals surface area contributed by atoms with E-state index in [1.807, 2.05) is 49.0 Å². The van der Waals surface area contributed by atoms with Crippen molar-refractivity contribution in [1.82, 2.24) is 4.98 Å². The van der Waals surface area contributed by atoms with E-state index in [0.29, 0.717) is 11.0 Å². The van der Waals surface area contributed by atoms with Gasteiger partial charge in [0.1, 0.15) is 12.9 Å². The maximum Gasteiger partial charge on any atom is 0.232 e. The minimum atomic E-state index is -0.845. The van der Waals surface area contributed by atoms with Crippen LogP contribution in [0.15, 0.2) is 40.9 Å². The van der Waals surface area contributed by atoms with Crippen LogP contribution in [0.1, 0.15) is 11.1 Å². The van der Waals surface area contributed by atoms with Gasteiger partial charge in [-0.1, -0.05) is 12.1 Å².